The average molecular weight is 476 g/mol. The fourth-order valence-electron chi connectivity index (χ4n) is 4.41. The normalized spacial score (nSPS) is 15.3. The standard InChI is InChI=1S/C26H33N7O2/c1-4-5-15-33-22(13-14-30-33)25(34)32-24(19-9-7-6-8-10-19)26(35)31-20-11-12-21(29-16-20)23(17(2)27)18(3)28/h11-14,16,19,24,27H,6-10,15,28H2,1-3H3,(H,31,35)(H,32,34)/b23-18+,27-17?. The molecule has 35 heavy (non-hydrogen) atoms. The maximum atomic E-state index is 13.3. The lowest BCUT2D eigenvalue weighted by atomic mass is 9.83. The van der Waals surface area contributed by atoms with Crippen LogP contribution in [0.2, 0.25) is 0 Å². The van der Waals surface area contributed by atoms with Gasteiger partial charge in [-0.2, -0.15) is 5.10 Å². The lowest BCUT2D eigenvalue weighted by Crippen LogP contribution is -2.49. The molecule has 2 amide bonds. The van der Waals surface area contributed by atoms with Crippen molar-refractivity contribution < 1.29 is 9.59 Å². The number of anilines is 1. The molecule has 1 atom stereocenters. The summed E-state index contributed by atoms with van der Waals surface area (Å²) in [6.07, 6.45) is 8.03. The van der Waals surface area contributed by atoms with Crippen molar-refractivity contribution in [3.8, 4) is 11.8 Å². The monoisotopic (exact) mass is 475 g/mol. The Morgan fingerprint density at radius 1 is 1.23 bits per heavy atom. The van der Waals surface area contributed by atoms with Crippen LogP contribution in [0.25, 0.3) is 5.57 Å². The van der Waals surface area contributed by atoms with Crippen molar-refractivity contribution in [2.24, 2.45) is 11.7 Å². The van der Waals surface area contributed by atoms with Gasteiger partial charge in [-0.1, -0.05) is 25.2 Å². The van der Waals surface area contributed by atoms with Crippen LogP contribution in [0.15, 0.2) is 36.3 Å². The Kier molecular flexibility index (Phi) is 8.79. The van der Waals surface area contributed by atoms with Crippen molar-refractivity contribution >= 4 is 28.8 Å². The van der Waals surface area contributed by atoms with Crippen molar-refractivity contribution in [2.75, 3.05) is 5.32 Å². The smallest absolute Gasteiger partial charge is 0.270 e. The molecule has 9 nitrogen and oxygen atoms in total. The van der Waals surface area contributed by atoms with Crippen LogP contribution in [0.4, 0.5) is 5.69 Å². The van der Waals surface area contributed by atoms with Crippen LogP contribution in [0.1, 0.15) is 69.1 Å². The first-order chi connectivity index (χ1) is 16.8. The van der Waals surface area contributed by atoms with Gasteiger partial charge >= 0.3 is 0 Å². The molecule has 9 heteroatoms. The largest absolute Gasteiger partial charge is 0.402 e. The SMILES string of the molecule is CC#CCn1nccc1C(=O)NC(C(=O)Nc1ccc(/C(C(C)=N)=C(\C)N)nc1)C1CCCCC1. The number of rotatable bonds is 8. The van der Waals surface area contributed by atoms with Gasteiger partial charge in [0.1, 0.15) is 18.3 Å². The van der Waals surface area contributed by atoms with Gasteiger partial charge in [0.25, 0.3) is 5.91 Å². The lowest BCUT2D eigenvalue weighted by Gasteiger charge is -2.30. The minimum absolute atomic E-state index is 0.0433. The van der Waals surface area contributed by atoms with E-state index < -0.39 is 6.04 Å². The zero-order valence-electron chi connectivity index (χ0n) is 20.5. The molecule has 5 N–H and O–H groups in total. The minimum atomic E-state index is -0.686. The highest BCUT2D eigenvalue weighted by molar-refractivity contribution is 6.21. The van der Waals surface area contributed by atoms with Crippen LogP contribution in [-0.4, -0.2) is 38.3 Å². The van der Waals surface area contributed by atoms with Crippen molar-refractivity contribution in [3.63, 3.8) is 0 Å². The molecule has 1 aliphatic carbocycles. The molecule has 1 aliphatic rings. The van der Waals surface area contributed by atoms with E-state index in [1.54, 1.807) is 45.2 Å². The van der Waals surface area contributed by atoms with Crippen LogP contribution in [0, 0.1) is 23.2 Å². The molecule has 0 spiro atoms. The van der Waals surface area contributed by atoms with E-state index in [-0.39, 0.29) is 17.7 Å². The van der Waals surface area contributed by atoms with Crippen molar-refractivity contribution in [1.29, 1.82) is 5.41 Å². The Labute approximate surface area is 206 Å². The second kappa shape index (κ2) is 12.0. The molecule has 1 unspecified atom stereocenters. The van der Waals surface area contributed by atoms with Gasteiger partial charge in [-0.25, -0.2) is 4.68 Å². The third kappa shape index (κ3) is 6.57. The van der Waals surface area contributed by atoms with E-state index in [0.29, 0.717) is 40.6 Å². The maximum absolute atomic E-state index is 13.3. The van der Waals surface area contributed by atoms with Crippen molar-refractivity contribution in [2.45, 2.75) is 65.5 Å². The van der Waals surface area contributed by atoms with Crippen LogP contribution < -0.4 is 16.4 Å². The second-order valence-electron chi connectivity index (χ2n) is 8.75. The van der Waals surface area contributed by atoms with Gasteiger partial charge in [-0.05, 0) is 57.7 Å². The summed E-state index contributed by atoms with van der Waals surface area (Å²) >= 11 is 0. The van der Waals surface area contributed by atoms with Gasteiger partial charge in [0.05, 0.1) is 17.6 Å². The number of aromatic nitrogens is 3. The maximum Gasteiger partial charge on any atom is 0.270 e. The summed E-state index contributed by atoms with van der Waals surface area (Å²) in [5, 5.41) is 18.0. The first kappa shape index (κ1) is 25.7. The number of hydrogen-bond acceptors (Lipinski definition) is 6. The number of carbonyl (C=O) groups is 2. The van der Waals surface area contributed by atoms with Crippen LogP contribution in [0.5, 0.6) is 0 Å². The molecular formula is C26H33N7O2. The van der Waals surface area contributed by atoms with Crippen LogP contribution in [-0.2, 0) is 11.3 Å². The van der Waals surface area contributed by atoms with Gasteiger partial charge in [0.2, 0.25) is 5.91 Å². The highest BCUT2D eigenvalue weighted by Gasteiger charge is 2.32. The van der Waals surface area contributed by atoms with E-state index in [9.17, 15) is 9.59 Å². The molecule has 2 heterocycles. The number of amides is 2. The second-order valence-corrected chi connectivity index (χ2v) is 8.75. The average Bonchev–Trinajstić information content (AvgIpc) is 3.31. The number of carbonyl (C=O) groups excluding carboxylic acids is 2. The summed E-state index contributed by atoms with van der Waals surface area (Å²) in [4.78, 5) is 30.8. The molecular weight excluding hydrogens is 442 g/mol. The third-order valence-electron chi connectivity index (χ3n) is 6.10. The number of nitrogens with zero attached hydrogens (tertiary/aromatic N) is 3. The summed E-state index contributed by atoms with van der Waals surface area (Å²) in [7, 11) is 0. The molecule has 0 bridgehead atoms. The number of nitrogens with two attached hydrogens (primary N) is 1. The Morgan fingerprint density at radius 3 is 2.57 bits per heavy atom. The van der Waals surface area contributed by atoms with E-state index in [1.807, 2.05) is 0 Å². The van der Waals surface area contributed by atoms with E-state index in [4.69, 9.17) is 11.1 Å². The molecule has 3 rings (SSSR count). The molecule has 0 aliphatic heterocycles. The van der Waals surface area contributed by atoms with Gasteiger partial charge in [0, 0.05) is 23.2 Å². The topological polar surface area (TPSA) is 139 Å². The fourth-order valence-corrected chi connectivity index (χ4v) is 4.41. The lowest BCUT2D eigenvalue weighted by molar-refractivity contribution is -0.119. The predicted octanol–water partition coefficient (Wildman–Crippen LogP) is 3.35. The van der Waals surface area contributed by atoms with Gasteiger partial charge < -0.3 is 21.8 Å². The molecule has 0 radical (unpaired) electrons. The molecule has 2 aromatic heterocycles. The highest BCUT2D eigenvalue weighted by atomic mass is 16.2. The van der Waals surface area contributed by atoms with Gasteiger partial charge in [0.15, 0.2) is 0 Å². The number of hydrogen-bond donors (Lipinski definition) is 4. The van der Waals surface area contributed by atoms with Gasteiger partial charge in [-0.15, -0.1) is 5.92 Å². The minimum Gasteiger partial charge on any atom is -0.402 e. The van der Waals surface area contributed by atoms with Crippen molar-refractivity contribution in [1.82, 2.24) is 20.1 Å². The summed E-state index contributed by atoms with van der Waals surface area (Å²) in [5.74, 6) is 5.11. The summed E-state index contributed by atoms with van der Waals surface area (Å²) in [6.45, 7) is 5.41. The quantitative estimate of drug-likeness (QED) is 0.343. The van der Waals surface area contributed by atoms with E-state index >= 15 is 0 Å². The third-order valence-corrected chi connectivity index (χ3v) is 6.10. The zero-order valence-corrected chi connectivity index (χ0v) is 20.5. The molecule has 1 fully saturated rings. The summed E-state index contributed by atoms with van der Waals surface area (Å²) in [6, 6.07) is 4.39. The fraction of sp³-hybridized carbons (Fsp3) is 0.423. The number of nitrogens with one attached hydrogen (secondary N) is 3. The van der Waals surface area contributed by atoms with Gasteiger partial charge in [-0.3, -0.25) is 14.6 Å². The Morgan fingerprint density at radius 2 is 1.97 bits per heavy atom. The van der Waals surface area contributed by atoms with Crippen molar-refractivity contribution in [3.05, 3.63) is 47.7 Å². The number of allylic oxidation sites excluding steroid dienone is 2. The zero-order chi connectivity index (χ0) is 25.4. The molecule has 1 saturated carbocycles. The molecule has 0 aromatic carbocycles. The first-order valence-electron chi connectivity index (χ1n) is 11.8. The van der Waals surface area contributed by atoms with E-state index in [1.165, 1.54) is 10.9 Å². The summed E-state index contributed by atoms with van der Waals surface area (Å²) < 4.78 is 1.53. The predicted molar refractivity (Wildman–Crippen MR) is 137 cm³/mol. The number of pyridine rings is 1. The highest BCUT2D eigenvalue weighted by Crippen LogP contribution is 2.27. The van der Waals surface area contributed by atoms with Crippen LogP contribution in [0.3, 0.4) is 0 Å². The van der Waals surface area contributed by atoms with E-state index in [2.05, 4.69) is 32.6 Å². The Bertz CT molecular complexity index is 1160. The van der Waals surface area contributed by atoms with E-state index in [0.717, 1.165) is 32.1 Å². The molecule has 184 valence electrons. The molecule has 2 aromatic rings. The summed E-state index contributed by atoms with van der Waals surface area (Å²) in [5.41, 5.74) is 8.74. The first-order valence-corrected chi connectivity index (χ1v) is 11.8. The molecule has 0 saturated heterocycles. The van der Waals surface area contributed by atoms with Crippen LogP contribution >= 0.6 is 0 Å². The Hall–Kier alpha value is -3.93. The Balaban J connectivity index is 1.78.